The van der Waals surface area contributed by atoms with E-state index in [1.54, 1.807) is 12.4 Å². The lowest BCUT2D eigenvalue weighted by atomic mass is 10.1. The van der Waals surface area contributed by atoms with Crippen LogP contribution >= 0.6 is 0 Å². The predicted molar refractivity (Wildman–Crippen MR) is 87.6 cm³/mol. The van der Waals surface area contributed by atoms with Gasteiger partial charge in [-0.3, -0.25) is 4.90 Å². The molecule has 1 atom stereocenters. The zero-order chi connectivity index (χ0) is 14.8. The second kappa shape index (κ2) is 5.77. The van der Waals surface area contributed by atoms with Gasteiger partial charge in [0.25, 0.3) is 0 Å². The van der Waals surface area contributed by atoms with Crippen molar-refractivity contribution in [3.05, 3.63) is 54.5 Å². The SMILES string of the molecule is c1cnc(NC2CCN(Cc3c[nH]c4ccccc34)C2)nc1. The molecule has 1 unspecified atom stereocenters. The summed E-state index contributed by atoms with van der Waals surface area (Å²) in [5, 5.41) is 4.74. The fourth-order valence-corrected chi connectivity index (χ4v) is 3.15. The number of benzene rings is 1. The van der Waals surface area contributed by atoms with Crippen molar-refractivity contribution in [3.63, 3.8) is 0 Å². The van der Waals surface area contributed by atoms with Gasteiger partial charge in [-0.15, -0.1) is 0 Å². The highest BCUT2D eigenvalue weighted by atomic mass is 15.2. The fraction of sp³-hybridized carbons (Fsp3) is 0.294. The van der Waals surface area contributed by atoms with Gasteiger partial charge in [0.05, 0.1) is 0 Å². The molecule has 3 heterocycles. The molecular weight excluding hydrogens is 274 g/mol. The molecule has 5 heteroatoms. The Morgan fingerprint density at radius 1 is 1.18 bits per heavy atom. The van der Waals surface area contributed by atoms with Gasteiger partial charge >= 0.3 is 0 Å². The summed E-state index contributed by atoms with van der Waals surface area (Å²) in [6.45, 7) is 3.11. The third-order valence-corrected chi connectivity index (χ3v) is 4.24. The number of fused-ring (bicyclic) bond motifs is 1. The maximum absolute atomic E-state index is 4.24. The molecule has 5 nitrogen and oxygen atoms in total. The first-order valence-corrected chi connectivity index (χ1v) is 7.69. The zero-order valence-corrected chi connectivity index (χ0v) is 12.4. The Balaban J connectivity index is 1.41. The summed E-state index contributed by atoms with van der Waals surface area (Å²) in [6.07, 6.45) is 6.80. The first-order chi connectivity index (χ1) is 10.9. The minimum absolute atomic E-state index is 0.424. The van der Waals surface area contributed by atoms with Gasteiger partial charge in [0, 0.05) is 55.2 Å². The second-order valence-corrected chi connectivity index (χ2v) is 5.80. The Morgan fingerprint density at radius 3 is 2.95 bits per heavy atom. The molecule has 1 fully saturated rings. The normalized spacial score (nSPS) is 18.8. The summed E-state index contributed by atoms with van der Waals surface area (Å²) >= 11 is 0. The van der Waals surface area contributed by atoms with Crippen LogP contribution in [0.25, 0.3) is 10.9 Å². The zero-order valence-electron chi connectivity index (χ0n) is 12.4. The molecule has 0 radical (unpaired) electrons. The molecule has 4 rings (SSSR count). The molecule has 2 aromatic heterocycles. The van der Waals surface area contributed by atoms with E-state index in [4.69, 9.17) is 0 Å². The Kier molecular flexibility index (Phi) is 3.48. The van der Waals surface area contributed by atoms with Crippen LogP contribution in [0.1, 0.15) is 12.0 Å². The van der Waals surface area contributed by atoms with Crippen LogP contribution in [0, 0.1) is 0 Å². The van der Waals surface area contributed by atoms with Gasteiger partial charge in [0.1, 0.15) is 0 Å². The third kappa shape index (κ3) is 2.67. The largest absolute Gasteiger partial charge is 0.361 e. The summed E-state index contributed by atoms with van der Waals surface area (Å²) in [4.78, 5) is 14.3. The molecule has 1 aromatic carbocycles. The summed E-state index contributed by atoms with van der Waals surface area (Å²) in [6, 6.07) is 10.7. The molecular formula is C17H19N5. The van der Waals surface area contributed by atoms with Gasteiger partial charge < -0.3 is 10.3 Å². The van der Waals surface area contributed by atoms with E-state index in [9.17, 15) is 0 Å². The Hall–Kier alpha value is -2.40. The number of para-hydroxylation sites is 1. The van der Waals surface area contributed by atoms with Crippen molar-refractivity contribution in [2.24, 2.45) is 0 Å². The monoisotopic (exact) mass is 293 g/mol. The number of aromatic amines is 1. The standard InChI is InChI=1S/C17H19N5/c1-2-5-16-15(4-1)13(10-20-16)11-22-9-6-14(12-22)21-17-18-7-3-8-19-17/h1-5,7-8,10,14,20H,6,9,11-12H2,(H,18,19,21). The summed E-state index contributed by atoms with van der Waals surface area (Å²) < 4.78 is 0. The van der Waals surface area contributed by atoms with Gasteiger partial charge in [0.2, 0.25) is 5.95 Å². The molecule has 22 heavy (non-hydrogen) atoms. The molecule has 1 aliphatic heterocycles. The number of H-pyrrole nitrogens is 1. The number of hydrogen-bond donors (Lipinski definition) is 2. The maximum atomic E-state index is 4.24. The van der Waals surface area contributed by atoms with Crippen molar-refractivity contribution in [1.82, 2.24) is 19.9 Å². The quantitative estimate of drug-likeness (QED) is 0.776. The van der Waals surface area contributed by atoms with E-state index in [0.29, 0.717) is 6.04 Å². The van der Waals surface area contributed by atoms with Crippen LogP contribution in [0.3, 0.4) is 0 Å². The fourth-order valence-electron chi connectivity index (χ4n) is 3.15. The van der Waals surface area contributed by atoms with E-state index in [0.717, 1.165) is 32.0 Å². The number of likely N-dealkylation sites (tertiary alicyclic amines) is 1. The minimum Gasteiger partial charge on any atom is -0.361 e. The lowest BCUT2D eigenvalue weighted by Gasteiger charge is -2.16. The van der Waals surface area contributed by atoms with Gasteiger partial charge in [-0.25, -0.2) is 9.97 Å². The van der Waals surface area contributed by atoms with E-state index in [1.165, 1.54) is 16.5 Å². The van der Waals surface area contributed by atoms with E-state index in [2.05, 4.69) is 55.6 Å². The molecule has 0 spiro atoms. The number of hydrogen-bond acceptors (Lipinski definition) is 4. The Morgan fingerprint density at radius 2 is 2.05 bits per heavy atom. The molecule has 0 amide bonds. The van der Waals surface area contributed by atoms with Crippen molar-refractivity contribution in [1.29, 1.82) is 0 Å². The lowest BCUT2D eigenvalue weighted by molar-refractivity contribution is 0.330. The molecule has 1 saturated heterocycles. The topological polar surface area (TPSA) is 56.8 Å². The maximum Gasteiger partial charge on any atom is 0.222 e. The summed E-state index contributed by atoms with van der Waals surface area (Å²) in [5.74, 6) is 0.724. The summed E-state index contributed by atoms with van der Waals surface area (Å²) in [7, 11) is 0. The number of nitrogens with one attached hydrogen (secondary N) is 2. The van der Waals surface area contributed by atoms with Crippen LogP contribution < -0.4 is 5.32 Å². The second-order valence-electron chi connectivity index (χ2n) is 5.80. The van der Waals surface area contributed by atoms with Crippen LogP contribution in [-0.4, -0.2) is 39.0 Å². The number of anilines is 1. The van der Waals surface area contributed by atoms with Crippen molar-refractivity contribution < 1.29 is 0 Å². The number of nitrogens with zero attached hydrogens (tertiary/aromatic N) is 3. The number of aromatic nitrogens is 3. The third-order valence-electron chi connectivity index (χ3n) is 4.24. The van der Waals surface area contributed by atoms with E-state index in [1.807, 2.05) is 6.07 Å². The molecule has 0 saturated carbocycles. The number of rotatable bonds is 4. The highest BCUT2D eigenvalue weighted by Gasteiger charge is 2.23. The first kappa shape index (κ1) is 13.3. The summed E-state index contributed by atoms with van der Waals surface area (Å²) in [5.41, 5.74) is 2.58. The van der Waals surface area contributed by atoms with Crippen molar-refractivity contribution in [2.45, 2.75) is 19.0 Å². The van der Waals surface area contributed by atoms with E-state index < -0.39 is 0 Å². The smallest absolute Gasteiger partial charge is 0.222 e. The van der Waals surface area contributed by atoms with Gasteiger partial charge in [-0.1, -0.05) is 18.2 Å². The average Bonchev–Trinajstić information content (AvgIpc) is 3.17. The molecule has 112 valence electrons. The van der Waals surface area contributed by atoms with Crippen LogP contribution in [-0.2, 0) is 6.54 Å². The average molecular weight is 293 g/mol. The van der Waals surface area contributed by atoms with Gasteiger partial charge in [-0.2, -0.15) is 0 Å². The van der Waals surface area contributed by atoms with Crippen LogP contribution in [0.4, 0.5) is 5.95 Å². The van der Waals surface area contributed by atoms with E-state index in [-0.39, 0.29) is 0 Å². The highest BCUT2D eigenvalue weighted by molar-refractivity contribution is 5.82. The minimum atomic E-state index is 0.424. The predicted octanol–water partition coefficient (Wildman–Crippen LogP) is 2.64. The lowest BCUT2D eigenvalue weighted by Crippen LogP contribution is -2.26. The van der Waals surface area contributed by atoms with Crippen molar-refractivity contribution in [2.75, 3.05) is 18.4 Å². The van der Waals surface area contributed by atoms with Crippen LogP contribution in [0.2, 0.25) is 0 Å². The van der Waals surface area contributed by atoms with Crippen LogP contribution in [0.15, 0.2) is 48.9 Å². The first-order valence-electron chi connectivity index (χ1n) is 7.69. The van der Waals surface area contributed by atoms with Crippen molar-refractivity contribution >= 4 is 16.9 Å². The molecule has 3 aromatic rings. The van der Waals surface area contributed by atoms with Crippen LogP contribution in [0.5, 0.6) is 0 Å². The Bertz CT molecular complexity index is 752. The molecule has 0 bridgehead atoms. The van der Waals surface area contributed by atoms with E-state index >= 15 is 0 Å². The highest BCUT2D eigenvalue weighted by Crippen LogP contribution is 2.22. The van der Waals surface area contributed by atoms with Gasteiger partial charge in [0.15, 0.2) is 0 Å². The molecule has 1 aliphatic rings. The van der Waals surface area contributed by atoms with Gasteiger partial charge in [-0.05, 0) is 24.1 Å². The molecule has 2 N–H and O–H groups in total. The van der Waals surface area contributed by atoms with Crippen molar-refractivity contribution in [3.8, 4) is 0 Å². The molecule has 0 aliphatic carbocycles. The Labute approximate surface area is 129 Å².